The third-order valence-electron chi connectivity index (χ3n) is 4.09. The fourth-order valence-corrected chi connectivity index (χ4v) is 4.16. The molecule has 7 heteroatoms. The topological polar surface area (TPSA) is 75.7 Å². The Labute approximate surface area is 150 Å². The number of nitrogens with zero attached hydrogens (tertiary/aromatic N) is 1. The van der Waals surface area contributed by atoms with E-state index in [2.05, 4.69) is 12.2 Å². The largest absolute Gasteiger partial charge is 0.484 e. The Morgan fingerprint density at radius 1 is 1.20 bits per heavy atom. The number of nitrogens with one attached hydrogen (secondary N) is 1. The smallest absolute Gasteiger partial charge is 0.258 e. The van der Waals surface area contributed by atoms with Crippen molar-refractivity contribution in [3.05, 3.63) is 24.3 Å². The highest BCUT2D eigenvalue weighted by molar-refractivity contribution is 7.89. The Balaban J connectivity index is 1.96. The number of hydrogen-bond acceptors (Lipinski definition) is 4. The zero-order valence-electron chi connectivity index (χ0n) is 15.4. The van der Waals surface area contributed by atoms with Crippen LogP contribution in [0.15, 0.2) is 29.2 Å². The summed E-state index contributed by atoms with van der Waals surface area (Å²) in [6.07, 6.45) is 1.78. The SMILES string of the molecule is CC1CCN(S(=O)(=O)c2ccc(OCC(=O)NC(C)(C)C)cc2)CC1. The second-order valence-corrected chi connectivity index (χ2v) is 9.58. The highest BCUT2D eigenvalue weighted by atomic mass is 32.2. The van der Waals surface area contributed by atoms with Gasteiger partial charge in [-0.2, -0.15) is 4.31 Å². The van der Waals surface area contributed by atoms with Gasteiger partial charge in [-0.15, -0.1) is 0 Å². The number of hydrogen-bond donors (Lipinski definition) is 1. The van der Waals surface area contributed by atoms with Crippen LogP contribution in [0, 0.1) is 5.92 Å². The number of benzene rings is 1. The van der Waals surface area contributed by atoms with Gasteiger partial charge in [-0.05, 0) is 63.8 Å². The molecule has 1 aromatic carbocycles. The lowest BCUT2D eigenvalue weighted by Gasteiger charge is -2.29. The van der Waals surface area contributed by atoms with Gasteiger partial charge in [-0.3, -0.25) is 4.79 Å². The van der Waals surface area contributed by atoms with E-state index in [9.17, 15) is 13.2 Å². The van der Waals surface area contributed by atoms with Crippen molar-refractivity contribution in [3.8, 4) is 5.75 Å². The molecule has 0 aromatic heterocycles. The quantitative estimate of drug-likeness (QED) is 0.866. The van der Waals surface area contributed by atoms with Crippen molar-refractivity contribution in [1.82, 2.24) is 9.62 Å². The minimum atomic E-state index is -3.46. The van der Waals surface area contributed by atoms with Crippen LogP contribution >= 0.6 is 0 Å². The summed E-state index contributed by atoms with van der Waals surface area (Å²) < 4.78 is 32.3. The van der Waals surface area contributed by atoms with E-state index >= 15 is 0 Å². The van der Waals surface area contributed by atoms with Crippen molar-refractivity contribution < 1.29 is 17.9 Å². The van der Waals surface area contributed by atoms with Gasteiger partial charge in [0.1, 0.15) is 5.75 Å². The van der Waals surface area contributed by atoms with E-state index in [4.69, 9.17) is 4.74 Å². The second-order valence-electron chi connectivity index (χ2n) is 7.64. The summed E-state index contributed by atoms with van der Waals surface area (Å²) in [6, 6.07) is 6.24. The summed E-state index contributed by atoms with van der Waals surface area (Å²) in [5.41, 5.74) is -0.315. The summed E-state index contributed by atoms with van der Waals surface area (Å²) in [6.45, 7) is 8.85. The zero-order chi connectivity index (χ0) is 18.7. The number of carbonyl (C=O) groups is 1. The molecule has 1 aliphatic heterocycles. The molecule has 140 valence electrons. The van der Waals surface area contributed by atoms with Crippen LogP contribution in [0.25, 0.3) is 0 Å². The summed E-state index contributed by atoms with van der Waals surface area (Å²) in [5, 5.41) is 2.81. The van der Waals surface area contributed by atoms with Crippen LogP contribution in [0.1, 0.15) is 40.5 Å². The summed E-state index contributed by atoms with van der Waals surface area (Å²) >= 11 is 0. The third kappa shape index (κ3) is 5.71. The molecule has 1 aromatic rings. The monoisotopic (exact) mass is 368 g/mol. The van der Waals surface area contributed by atoms with E-state index in [0.29, 0.717) is 24.8 Å². The van der Waals surface area contributed by atoms with E-state index < -0.39 is 10.0 Å². The predicted octanol–water partition coefficient (Wildman–Crippen LogP) is 2.40. The Hall–Kier alpha value is -1.60. The van der Waals surface area contributed by atoms with Gasteiger partial charge in [0.25, 0.3) is 5.91 Å². The minimum Gasteiger partial charge on any atom is -0.484 e. The van der Waals surface area contributed by atoms with Crippen molar-refractivity contribution in [3.63, 3.8) is 0 Å². The molecule has 0 atom stereocenters. The normalized spacial score (nSPS) is 17.3. The first-order valence-corrected chi connectivity index (χ1v) is 10.1. The Kier molecular flexibility index (Phi) is 6.11. The first kappa shape index (κ1) is 19.7. The highest BCUT2D eigenvalue weighted by Gasteiger charge is 2.27. The Bertz CT molecular complexity index is 685. The van der Waals surface area contributed by atoms with Crippen LogP contribution in [0.4, 0.5) is 0 Å². The van der Waals surface area contributed by atoms with Crippen molar-refractivity contribution >= 4 is 15.9 Å². The molecule has 1 N–H and O–H groups in total. The molecule has 6 nitrogen and oxygen atoms in total. The van der Waals surface area contributed by atoms with E-state index in [1.54, 1.807) is 16.4 Å². The van der Waals surface area contributed by atoms with Gasteiger partial charge in [-0.25, -0.2) is 8.42 Å². The summed E-state index contributed by atoms with van der Waals surface area (Å²) in [4.78, 5) is 12.0. The first-order chi connectivity index (χ1) is 11.6. The van der Waals surface area contributed by atoms with Crippen LogP contribution in [0.3, 0.4) is 0 Å². The zero-order valence-corrected chi connectivity index (χ0v) is 16.2. The lowest BCUT2D eigenvalue weighted by molar-refractivity contribution is -0.124. The van der Waals surface area contributed by atoms with E-state index in [1.807, 2.05) is 20.8 Å². The molecular weight excluding hydrogens is 340 g/mol. The summed E-state index contributed by atoms with van der Waals surface area (Å²) in [5.74, 6) is 0.823. The molecular formula is C18H28N2O4S. The molecule has 0 unspecified atom stereocenters. The van der Waals surface area contributed by atoms with Crippen molar-refractivity contribution in [2.24, 2.45) is 5.92 Å². The minimum absolute atomic E-state index is 0.104. The lowest BCUT2D eigenvalue weighted by atomic mass is 10.0. The number of ether oxygens (including phenoxy) is 1. The molecule has 0 radical (unpaired) electrons. The van der Waals surface area contributed by atoms with Gasteiger partial charge in [0.15, 0.2) is 6.61 Å². The standard InChI is InChI=1S/C18H28N2O4S/c1-14-9-11-20(12-10-14)25(22,23)16-7-5-15(6-8-16)24-13-17(21)19-18(2,3)4/h5-8,14H,9-13H2,1-4H3,(H,19,21). The molecule has 0 aliphatic carbocycles. The molecule has 1 amide bonds. The van der Waals surface area contributed by atoms with Crippen LogP contribution in [-0.2, 0) is 14.8 Å². The lowest BCUT2D eigenvalue weighted by Crippen LogP contribution is -2.43. The first-order valence-electron chi connectivity index (χ1n) is 8.62. The molecule has 0 spiro atoms. The fourth-order valence-electron chi connectivity index (χ4n) is 2.69. The van der Waals surface area contributed by atoms with E-state index in [0.717, 1.165) is 12.8 Å². The molecule has 1 saturated heterocycles. The van der Waals surface area contributed by atoms with Crippen molar-refractivity contribution in [2.75, 3.05) is 19.7 Å². The van der Waals surface area contributed by atoms with Gasteiger partial charge in [0.05, 0.1) is 4.90 Å². The van der Waals surface area contributed by atoms with E-state index in [1.165, 1.54) is 12.1 Å². The molecule has 1 fully saturated rings. The molecule has 25 heavy (non-hydrogen) atoms. The molecule has 1 aliphatic rings. The maximum absolute atomic E-state index is 12.6. The van der Waals surface area contributed by atoms with Gasteiger partial charge in [-0.1, -0.05) is 6.92 Å². The molecule has 1 heterocycles. The van der Waals surface area contributed by atoms with Gasteiger partial charge in [0.2, 0.25) is 10.0 Å². The van der Waals surface area contributed by atoms with Crippen LogP contribution < -0.4 is 10.1 Å². The number of piperidine rings is 1. The number of amides is 1. The predicted molar refractivity (Wildman–Crippen MR) is 97.0 cm³/mol. The van der Waals surface area contributed by atoms with Crippen LogP contribution in [-0.4, -0.2) is 43.9 Å². The molecule has 0 saturated carbocycles. The number of sulfonamides is 1. The Morgan fingerprint density at radius 2 is 1.76 bits per heavy atom. The van der Waals surface area contributed by atoms with E-state index in [-0.39, 0.29) is 22.9 Å². The third-order valence-corrected chi connectivity index (χ3v) is 6.00. The molecule has 2 rings (SSSR count). The highest BCUT2D eigenvalue weighted by Crippen LogP contribution is 2.24. The maximum atomic E-state index is 12.6. The van der Waals surface area contributed by atoms with Crippen molar-refractivity contribution in [1.29, 1.82) is 0 Å². The average molecular weight is 368 g/mol. The van der Waals surface area contributed by atoms with Crippen LogP contribution in [0.2, 0.25) is 0 Å². The van der Waals surface area contributed by atoms with Crippen LogP contribution in [0.5, 0.6) is 5.75 Å². The maximum Gasteiger partial charge on any atom is 0.258 e. The number of carbonyl (C=O) groups excluding carboxylic acids is 1. The van der Waals surface area contributed by atoms with Crippen molar-refractivity contribution in [2.45, 2.75) is 51.0 Å². The number of rotatable bonds is 5. The van der Waals surface area contributed by atoms with Gasteiger partial charge >= 0.3 is 0 Å². The van der Waals surface area contributed by atoms with Gasteiger partial charge < -0.3 is 10.1 Å². The fraction of sp³-hybridized carbons (Fsp3) is 0.611. The Morgan fingerprint density at radius 3 is 2.28 bits per heavy atom. The van der Waals surface area contributed by atoms with Gasteiger partial charge in [0, 0.05) is 18.6 Å². The second kappa shape index (κ2) is 7.74. The average Bonchev–Trinajstić information content (AvgIpc) is 2.52. The molecule has 0 bridgehead atoms. The summed E-state index contributed by atoms with van der Waals surface area (Å²) in [7, 11) is -3.46.